The van der Waals surface area contributed by atoms with Gasteiger partial charge in [-0.1, -0.05) is 41.4 Å². The van der Waals surface area contributed by atoms with E-state index in [1.807, 2.05) is 24.1 Å². The smallest absolute Gasteiger partial charge is 0.208 e. The molecule has 0 bridgehead atoms. The first-order chi connectivity index (χ1) is 8.67. The molecule has 4 nitrogen and oxygen atoms in total. The fourth-order valence-corrected chi connectivity index (χ4v) is 1.82. The summed E-state index contributed by atoms with van der Waals surface area (Å²) in [5, 5.41) is 0. The molecule has 18 heavy (non-hydrogen) atoms. The summed E-state index contributed by atoms with van der Waals surface area (Å²) < 4.78 is 1.09. The molecule has 0 heterocycles. The Morgan fingerprint density at radius 2 is 2.06 bits per heavy atom. The van der Waals surface area contributed by atoms with Gasteiger partial charge in [0, 0.05) is 24.6 Å². The third-order valence-electron chi connectivity index (χ3n) is 2.60. The van der Waals surface area contributed by atoms with Gasteiger partial charge in [0.05, 0.1) is 0 Å². The second-order valence-corrected chi connectivity index (χ2v) is 5.10. The Morgan fingerprint density at radius 1 is 1.39 bits per heavy atom. The van der Waals surface area contributed by atoms with Crippen molar-refractivity contribution >= 4 is 21.9 Å². The summed E-state index contributed by atoms with van der Waals surface area (Å²) in [5.41, 5.74) is 3.88. The summed E-state index contributed by atoms with van der Waals surface area (Å²) in [6.07, 6.45) is 2.22. The van der Waals surface area contributed by atoms with Crippen molar-refractivity contribution in [1.82, 2.24) is 10.3 Å². The maximum atomic E-state index is 5.50. The molecule has 0 radical (unpaired) electrons. The molecule has 0 amide bonds. The third-order valence-corrected chi connectivity index (χ3v) is 3.13. The van der Waals surface area contributed by atoms with E-state index in [-0.39, 0.29) is 0 Å². The highest BCUT2D eigenvalue weighted by molar-refractivity contribution is 9.10. The van der Waals surface area contributed by atoms with E-state index in [9.17, 15) is 0 Å². The maximum absolute atomic E-state index is 5.50. The fraction of sp³-hybridized carbons (Fsp3) is 0.462. The lowest BCUT2D eigenvalue weighted by atomic mass is 10.2. The number of nitrogens with one attached hydrogen (secondary N) is 1. The molecule has 0 spiro atoms. The van der Waals surface area contributed by atoms with Gasteiger partial charge >= 0.3 is 0 Å². The van der Waals surface area contributed by atoms with Crippen LogP contribution < -0.4 is 11.3 Å². The average Bonchev–Trinajstić information content (AvgIpc) is 2.37. The molecule has 0 aromatic heterocycles. The maximum Gasteiger partial charge on any atom is 0.208 e. The van der Waals surface area contributed by atoms with Crippen LogP contribution in [0.3, 0.4) is 0 Å². The first-order valence-corrected chi connectivity index (χ1v) is 6.93. The highest BCUT2D eigenvalue weighted by Crippen LogP contribution is 2.11. The number of benzene rings is 1. The van der Waals surface area contributed by atoms with E-state index >= 15 is 0 Å². The second kappa shape index (κ2) is 8.11. The van der Waals surface area contributed by atoms with E-state index in [0.29, 0.717) is 0 Å². The van der Waals surface area contributed by atoms with Gasteiger partial charge in [0.2, 0.25) is 5.96 Å². The molecule has 0 fully saturated rings. The molecule has 0 aliphatic rings. The van der Waals surface area contributed by atoms with Crippen LogP contribution in [-0.4, -0.2) is 24.5 Å². The van der Waals surface area contributed by atoms with E-state index in [0.717, 1.165) is 36.4 Å². The summed E-state index contributed by atoms with van der Waals surface area (Å²) in [6, 6.07) is 8.24. The molecule has 3 N–H and O–H groups in total. The summed E-state index contributed by atoms with van der Waals surface area (Å²) in [7, 11) is 1.98. The lowest BCUT2D eigenvalue weighted by Gasteiger charge is -2.20. The molecule has 1 aromatic rings. The van der Waals surface area contributed by atoms with Gasteiger partial charge in [-0.15, -0.1) is 0 Å². The predicted molar refractivity (Wildman–Crippen MR) is 80.1 cm³/mol. The van der Waals surface area contributed by atoms with Gasteiger partial charge in [0.15, 0.2) is 0 Å². The predicted octanol–water partition coefficient (Wildman–Crippen LogP) is 2.50. The molecular weight excluding hydrogens is 292 g/mol. The van der Waals surface area contributed by atoms with Gasteiger partial charge in [-0.2, -0.15) is 0 Å². The Kier molecular flexibility index (Phi) is 6.75. The fourth-order valence-electron chi connectivity index (χ4n) is 1.56. The molecule has 0 aliphatic heterocycles. The molecule has 1 aromatic carbocycles. The molecule has 0 saturated carbocycles. The van der Waals surface area contributed by atoms with Gasteiger partial charge < -0.3 is 4.90 Å². The lowest BCUT2D eigenvalue weighted by Crippen LogP contribution is -2.42. The molecule has 1 rings (SSSR count). The van der Waals surface area contributed by atoms with Crippen molar-refractivity contribution in [3.8, 4) is 0 Å². The second-order valence-electron chi connectivity index (χ2n) is 4.19. The van der Waals surface area contributed by atoms with E-state index < -0.39 is 0 Å². The van der Waals surface area contributed by atoms with Crippen molar-refractivity contribution in [2.75, 3.05) is 13.6 Å². The normalized spacial score (nSPS) is 11.4. The minimum atomic E-state index is 0.728. The van der Waals surface area contributed by atoms with E-state index in [1.165, 1.54) is 5.56 Å². The van der Waals surface area contributed by atoms with Crippen LogP contribution in [0.15, 0.2) is 33.7 Å². The Balaban J connectivity index is 2.58. The zero-order valence-corrected chi connectivity index (χ0v) is 12.6. The number of hydrogen-bond donors (Lipinski definition) is 2. The van der Waals surface area contributed by atoms with Crippen LogP contribution in [0.5, 0.6) is 0 Å². The van der Waals surface area contributed by atoms with E-state index in [2.05, 4.69) is 45.4 Å². The van der Waals surface area contributed by atoms with Crippen molar-refractivity contribution < 1.29 is 0 Å². The highest BCUT2D eigenvalue weighted by Gasteiger charge is 2.05. The van der Waals surface area contributed by atoms with Crippen molar-refractivity contribution in [2.24, 2.45) is 10.8 Å². The van der Waals surface area contributed by atoms with Gasteiger partial charge in [-0.05, 0) is 24.1 Å². The number of halogens is 1. The Morgan fingerprint density at radius 3 is 2.61 bits per heavy atom. The first kappa shape index (κ1) is 15.0. The SMILES string of the molecule is CCCCN=C(NN)N(C)Cc1ccc(Br)cc1. The minimum absolute atomic E-state index is 0.728. The zero-order chi connectivity index (χ0) is 13.4. The Bertz CT molecular complexity index is 375. The quantitative estimate of drug-likeness (QED) is 0.289. The summed E-state index contributed by atoms with van der Waals surface area (Å²) in [6.45, 7) is 3.74. The number of unbranched alkanes of at least 4 members (excludes halogenated alkanes) is 1. The first-order valence-electron chi connectivity index (χ1n) is 6.14. The number of rotatable bonds is 5. The molecule has 0 unspecified atom stereocenters. The van der Waals surface area contributed by atoms with Crippen LogP contribution in [0.4, 0.5) is 0 Å². The number of hydrazine groups is 1. The van der Waals surface area contributed by atoms with Crippen molar-refractivity contribution in [3.63, 3.8) is 0 Å². The lowest BCUT2D eigenvalue weighted by molar-refractivity contribution is 0.476. The van der Waals surface area contributed by atoms with Crippen molar-refractivity contribution in [3.05, 3.63) is 34.3 Å². The Labute approximate surface area is 117 Å². The minimum Gasteiger partial charge on any atom is -0.341 e. The van der Waals surface area contributed by atoms with E-state index in [4.69, 9.17) is 5.84 Å². The number of aliphatic imine (C=N–C) groups is 1. The van der Waals surface area contributed by atoms with Gasteiger partial charge in [-0.3, -0.25) is 10.4 Å². The molecule has 100 valence electrons. The number of guanidine groups is 1. The Hall–Kier alpha value is -1.07. The van der Waals surface area contributed by atoms with Gasteiger partial charge in [-0.25, -0.2) is 5.84 Å². The van der Waals surface area contributed by atoms with Crippen LogP contribution in [0.2, 0.25) is 0 Å². The number of nitrogens with zero attached hydrogens (tertiary/aromatic N) is 2. The molecular formula is C13H21BrN4. The molecule has 0 atom stereocenters. The van der Waals surface area contributed by atoms with Gasteiger partial charge in [0.1, 0.15) is 0 Å². The largest absolute Gasteiger partial charge is 0.341 e. The topological polar surface area (TPSA) is 53.6 Å². The molecule has 5 heteroatoms. The average molecular weight is 313 g/mol. The highest BCUT2D eigenvalue weighted by atomic mass is 79.9. The van der Waals surface area contributed by atoms with Crippen molar-refractivity contribution in [2.45, 2.75) is 26.3 Å². The van der Waals surface area contributed by atoms with Gasteiger partial charge in [0.25, 0.3) is 0 Å². The summed E-state index contributed by atoms with van der Waals surface area (Å²) >= 11 is 3.43. The number of nitrogens with two attached hydrogens (primary N) is 1. The van der Waals surface area contributed by atoms with Crippen LogP contribution in [0, 0.1) is 0 Å². The monoisotopic (exact) mass is 312 g/mol. The number of hydrogen-bond acceptors (Lipinski definition) is 2. The van der Waals surface area contributed by atoms with Crippen LogP contribution in [0.1, 0.15) is 25.3 Å². The molecule has 0 saturated heterocycles. The standard InChI is InChI=1S/C13H21BrN4/c1-3-4-9-16-13(17-15)18(2)10-11-5-7-12(14)8-6-11/h5-8H,3-4,9-10,15H2,1-2H3,(H,16,17). The third kappa shape index (κ3) is 5.06. The van der Waals surface area contributed by atoms with E-state index in [1.54, 1.807) is 0 Å². The van der Waals surface area contributed by atoms with Crippen LogP contribution >= 0.6 is 15.9 Å². The zero-order valence-electron chi connectivity index (χ0n) is 11.0. The van der Waals surface area contributed by atoms with Crippen molar-refractivity contribution in [1.29, 1.82) is 0 Å². The van der Waals surface area contributed by atoms with Crippen LogP contribution in [0.25, 0.3) is 0 Å². The summed E-state index contributed by atoms with van der Waals surface area (Å²) in [5.74, 6) is 6.23. The molecule has 0 aliphatic carbocycles. The summed E-state index contributed by atoms with van der Waals surface area (Å²) in [4.78, 5) is 6.46. The van der Waals surface area contributed by atoms with Crippen LogP contribution in [-0.2, 0) is 6.54 Å².